The Morgan fingerprint density at radius 1 is 1.23 bits per heavy atom. The normalized spacial score (nSPS) is 20.3. The fraction of sp³-hybridized carbons (Fsp3) is 1.00. The summed E-state index contributed by atoms with van der Waals surface area (Å²) in [5.41, 5.74) is -0.601. The van der Waals surface area contributed by atoms with Crippen molar-refractivity contribution in [2.24, 2.45) is 5.41 Å². The van der Waals surface area contributed by atoms with Gasteiger partial charge in [-0.2, -0.15) is 0 Å². The van der Waals surface area contributed by atoms with E-state index in [4.69, 9.17) is 15.3 Å². The van der Waals surface area contributed by atoms with Crippen molar-refractivity contribution in [1.29, 1.82) is 0 Å². The van der Waals surface area contributed by atoms with E-state index in [1.807, 2.05) is 6.92 Å². The number of rotatable bonds is 6. The van der Waals surface area contributed by atoms with E-state index in [2.05, 4.69) is 5.32 Å². The molecule has 0 spiro atoms. The Balaban J connectivity index is 2.32. The zero-order chi connectivity index (χ0) is 9.95. The van der Waals surface area contributed by atoms with Gasteiger partial charge in [-0.3, -0.25) is 0 Å². The van der Waals surface area contributed by atoms with Gasteiger partial charge in [-0.25, -0.2) is 0 Å². The fourth-order valence-corrected chi connectivity index (χ4v) is 1.10. The van der Waals surface area contributed by atoms with Crippen molar-refractivity contribution in [3.63, 3.8) is 0 Å². The average molecular weight is 189 g/mol. The highest BCUT2D eigenvalue weighted by atomic mass is 16.3. The van der Waals surface area contributed by atoms with Crippen LogP contribution >= 0.6 is 0 Å². The molecule has 1 fully saturated rings. The molecule has 4 heteroatoms. The van der Waals surface area contributed by atoms with Crippen LogP contribution in [0, 0.1) is 5.41 Å². The van der Waals surface area contributed by atoms with E-state index in [1.54, 1.807) is 0 Å². The quantitative estimate of drug-likeness (QED) is 0.436. The van der Waals surface area contributed by atoms with Crippen molar-refractivity contribution in [3.8, 4) is 0 Å². The Labute approximate surface area is 78.6 Å². The van der Waals surface area contributed by atoms with Crippen LogP contribution in [0.2, 0.25) is 0 Å². The second-order valence-corrected chi connectivity index (χ2v) is 4.42. The van der Waals surface area contributed by atoms with Crippen LogP contribution in [0.25, 0.3) is 0 Å². The van der Waals surface area contributed by atoms with E-state index in [0.717, 1.165) is 12.8 Å². The van der Waals surface area contributed by atoms with Crippen LogP contribution in [0.5, 0.6) is 0 Å². The molecule has 1 rings (SSSR count). The molecule has 0 aliphatic heterocycles. The molecule has 4 nitrogen and oxygen atoms in total. The monoisotopic (exact) mass is 189 g/mol. The van der Waals surface area contributed by atoms with Gasteiger partial charge < -0.3 is 20.6 Å². The highest BCUT2D eigenvalue weighted by Crippen LogP contribution is 2.35. The second kappa shape index (κ2) is 3.92. The maximum Gasteiger partial charge on any atom is 0.0613 e. The van der Waals surface area contributed by atoms with Crippen LogP contribution < -0.4 is 5.32 Å². The van der Waals surface area contributed by atoms with E-state index in [-0.39, 0.29) is 25.4 Å². The Morgan fingerprint density at radius 2 is 1.77 bits per heavy atom. The molecular formula is C9H19NO3. The molecule has 0 atom stereocenters. The number of aliphatic hydroxyl groups excluding tert-OH is 3. The zero-order valence-corrected chi connectivity index (χ0v) is 8.08. The van der Waals surface area contributed by atoms with Gasteiger partial charge in [-0.15, -0.1) is 0 Å². The molecule has 1 aliphatic carbocycles. The van der Waals surface area contributed by atoms with Crippen LogP contribution in [0.4, 0.5) is 0 Å². The lowest BCUT2D eigenvalue weighted by atomic mass is 9.92. The summed E-state index contributed by atoms with van der Waals surface area (Å²) in [5.74, 6) is 0. The van der Waals surface area contributed by atoms with Gasteiger partial charge >= 0.3 is 0 Å². The summed E-state index contributed by atoms with van der Waals surface area (Å²) in [7, 11) is 0. The Hall–Kier alpha value is -0.160. The lowest BCUT2D eigenvalue weighted by molar-refractivity contribution is 0.0632. The highest BCUT2D eigenvalue weighted by Gasteiger charge is 2.42. The second-order valence-electron chi connectivity index (χ2n) is 4.42. The number of hydrogen-bond donors (Lipinski definition) is 4. The molecule has 0 aromatic rings. The lowest BCUT2D eigenvalue weighted by Crippen LogP contribution is -2.45. The number of hydrogen-bond acceptors (Lipinski definition) is 4. The zero-order valence-electron chi connectivity index (χ0n) is 8.08. The largest absolute Gasteiger partial charge is 0.396 e. The van der Waals surface area contributed by atoms with Crippen LogP contribution in [-0.4, -0.2) is 47.2 Å². The third-order valence-electron chi connectivity index (χ3n) is 2.81. The minimum absolute atomic E-state index is 0.0436. The van der Waals surface area contributed by atoms with Crippen LogP contribution in [0.1, 0.15) is 19.8 Å². The molecule has 0 unspecified atom stereocenters. The molecule has 0 saturated heterocycles. The predicted octanol–water partition coefficient (Wildman–Crippen LogP) is -0.908. The summed E-state index contributed by atoms with van der Waals surface area (Å²) in [6.07, 6.45) is 1.97. The molecule has 4 N–H and O–H groups in total. The van der Waals surface area contributed by atoms with Crippen molar-refractivity contribution in [2.75, 3.05) is 26.4 Å². The van der Waals surface area contributed by atoms with Gasteiger partial charge in [0.25, 0.3) is 0 Å². The highest BCUT2D eigenvalue weighted by molar-refractivity contribution is 5.02. The summed E-state index contributed by atoms with van der Waals surface area (Å²) in [5, 5.41) is 30.2. The van der Waals surface area contributed by atoms with Crippen molar-refractivity contribution >= 4 is 0 Å². The van der Waals surface area contributed by atoms with Gasteiger partial charge in [0, 0.05) is 17.5 Å². The number of aliphatic hydroxyl groups is 3. The first-order chi connectivity index (χ1) is 6.10. The van der Waals surface area contributed by atoms with E-state index >= 15 is 0 Å². The Kier molecular flexibility index (Phi) is 3.29. The van der Waals surface area contributed by atoms with Crippen LogP contribution in [0.15, 0.2) is 0 Å². The molecule has 78 valence electrons. The Bertz CT molecular complexity index is 164. The molecular weight excluding hydrogens is 170 g/mol. The van der Waals surface area contributed by atoms with Gasteiger partial charge in [0.1, 0.15) is 0 Å². The topological polar surface area (TPSA) is 72.7 Å². The molecule has 1 aliphatic rings. The summed E-state index contributed by atoms with van der Waals surface area (Å²) in [6.45, 7) is 2.41. The fourth-order valence-electron chi connectivity index (χ4n) is 1.10. The van der Waals surface area contributed by atoms with Gasteiger partial charge in [0.05, 0.1) is 19.8 Å². The maximum absolute atomic E-state index is 9.01. The summed E-state index contributed by atoms with van der Waals surface area (Å²) in [4.78, 5) is 0. The van der Waals surface area contributed by atoms with Crippen molar-refractivity contribution < 1.29 is 15.3 Å². The molecule has 0 aromatic carbocycles. The average Bonchev–Trinajstić information content (AvgIpc) is 2.95. The van der Waals surface area contributed by atoms with E-state index < -0.39 is 5.41 Å². The molecule has 0 aromatic heterocycles. The van der Waals surface area contributed by atoms with Gasteiger partial charge in [-0.05, 0) is 12.8 Å². The smallest absolute Gasteiger partial charge is 0.0613 e. The van der Waals surface area contributed by atoms with Gasteiger partial charge in [0.2, 0.25) is 0 Å². The first-order valence-electron chi connectivity index (χ1n) is 4.67. The first-order valence-corrected chi connectivity index (χ1v) is 4.67. The molecule has 0 radical (unpaired) electrons. The molecule has 0 amide bonds. The summed E-state index contributed by atoms with van der Waals surface area (Å²) < 4.78 is 0. The molecule has 13 heavy (non-hydrogen) atoms. The third-order valence-corrected chi connectivity index (χ3v) is 2.81. The SMILES string of the molecule is CC(CO)(CO)CNC1(CO)CC1. The van der Waals surface area contributed by atoms with Crippen molar-refractivity contribution in [1.82, 2.24) is 5.32 Å². The maximum atomic E-state index is 9.01. The van der Waals surface area contributed by atoms with Gasteiger partial charge in [-0.1, -0.05) is 6.92 Å². The number of nitrogens with one attached hydrogen (secondary N) is 1. The van der Waals surface area contributed by atoms with Gasteiger partial charge in [0.15, 0.2) is 0 Å². The van der Waals surface area contributed by atoms with Crippen LogP contribution in [0.3, 0.4) is 0 Å². The van der Waals surface area contributed by atoms with Crippen molar-refractivity contribution in [3.05, 3.63) is 0 Å². The minimum Gasteiger partial charge on any atom is -0.396 e. The van der Waals surface area contributed by atoms with E-state index in [1.165, 1.54) is 0 Å². The summed E-state index contributed by atoms with van der Waals surface area (Å²) in [6, 6.07) is 0. The van der Waals surface area contributed by atoms with E-state index in [9.17, 15) is 0 Å². The van der Waals surface area contributed by atoms with Crippen LogP contribution in [-0.2, 0) is 0 Å². The first kappa shape index (κ1) is 10.9. The molecule has 0 bridgehead atoms. The minimum atomic E-state index is -0.481. The standard InChI is InChI=1S/C9H19NO3/c1-8(5-11,6-12)4-10-9(7-13)2-3-9/h10-13H,2-7H2,1H3. The molecule has 0 heterocycles. The Morgan fingerprint density at radius 3 is 2.08 bits per heavy atom. The third kappa shape index (κ3) is 2.64. The van der Waals surface area contributed by atoms with Crippen molar-refractivity contribution in [2.45, 2.75) is 25.3 Å². The van der Waals surface area contributed by atoms with E-state index in [0.29, 0.717) is 6.54 Å². The summed E-state index contributed by atoms with van der Waals surface area (Å²) >= 11 is 0. The lowest BCUT2D eigenvalue weighted by Gasteiger charge is -2.27. The predicted molar refractivity (Wildman–Crippen MR) is 49.3 cm³/mol. The molecule has 1 saturated carbocycles.